The first-order valence-electron chi connectivity index (χ1n) is 11.2. The molecule has 0 radical (unpaired) electrons. The normalized spacial score (nSPS) is 11.9. The molecule has 11 heteroatoms. The van der Waals surface area contributed by atoms with E-state index >= 15 is 0 Å². The van der Waals surface area contributed by atoms with Crippen LogP contribution in [0.2, 0.25) is 5.02 Å². The Bertz CT molecular complexity index is 1380. The number of amides is 1. The lowest BCUT2D eigenvalue weighted by atomic mass is 10.2. The molecule has 0 aliphatic carbocycles. The Hall–Kier alpha value is -3.76. The van der Waals surface area contributed by atoms with E-state index in [4.69, 9.17) is 26.2 Å². The van der Waals surface area contributed by atoms with Gasteiger partial charge in [0.2, 0.25) is 5.91 Å². The van der Waals surface area contributed by atoms with E-state index in [9.17, 15) is 18.0 Å². The number of nitrogens with zero attached hydrogens (tertiary/aromatic N) is 1. The Balaban J connectivity index is 1.85. The molecule has 3 rings (SSSR count). The number of aryl methyl sites for hydroxylation is 1. The van der Waals surface area contributed by atoms with Gasteiger partial charge in [-0.3, -0.25) is 9.10 Å². The SMILES string of the molecule is COc1c(Cl)cccc1N(CC(=O)NCc1cccc(O[C@H](C)C(=O)O)c1)S(=O)(=O)c1ccc(C)cc1. The number of ether oxygens (including phenoxy) is 2. The third-order valence-corrected chi connectivity index (χ3v) is 7.44. The van der Waals surface area contributed by atoms with Crippen LogP contribution in [0.4, 0.5) is 5.69 Å². The number of carbonyl (C=O) groups is 2. The molecule has 9 nitrogen and oxygen atoms in total. The number of benzene rings is 3. The van der Waals surface area contributed by atoms with E-state index in [-0.39, 0.29) is 27.9 Å². The Morgan fingerprint density at radius 2 is 1.76 bits per heavy atom. The number of carboxylic acids is 1. The minimum absolute atomic E-state index is 0.00493. The molecular weight excluding hydrogens is 520 g/mol. The molecule has 0 aliphatic heterocycles. The van der Waals surface area contributed by atoms with Crippen LogP contribution in [0.3, 0.4) is 0 Å². The topological polar surface area (TPSA) is 122 Å². The lowest BCUT2D eigenvalue weighted by molar-refractivity contribution is -0.144. The van der Waals surface area contributed by atoms with Crippen LogP contribution in [0.15, 0.2) is 71.6 Å². The third kappa shape index (κ3) is 6.93. The highest BCUT2D eigenvalue weighted by atomic mass is 35.5. The maximum absolute atomic E-state index is 13.6. The average molecular weight is 547 g/mol. The van der Waals surface area contributed by atoms with Crippen molar-refractivity contribution in [2.24, 2.45) is 0 Å². The number of carbonyl (C=O) groups excluding carboxylic acids is 1. The van der Waals surface area contributed by atoms with Crippen molar-refractivity contribution in [3.63, 3.8) is 0 Å². The largest absolute Gasteiger partial charge is 0.493 e. The number of halogens is 1. The summed E-state index contributed by atoms with van der Waals surface area (Å²) in [5.41, 5.74) is 1.63. The monoisotopic (exact) mass is 546 g/mol. The first-order chi connectivity index (χ1) is 17.5. The van der Waals surface area contributed by atoms with Crippen LogP contribution in [-0.4, -0.2) is 45.2 Å². The zero-order valence-corrected chi connectivity index (χ0v) is 22.0. The summed E-state index contributed by atoms with van der Waals surface area (Å²) in [6, 6.07) is 17.5. The molecule has 37 heavy (non-hydrogen) atoms. The van der Waals surface area contributed by atoms with Gasteiger partial charge in [0.1, 0.15) is 12.3 Å². The molecule has 1 amide bonds. The number of nitrogens with one attached hydrogen (secondary N) is 1. The van der Waals surface area contributed by atoms with Crippen LogP contribution < -0.4 is 19.1 Å². The molecule has 0 saturated heterocycles. The molecule has 0 saturated carbocycles. The van der Waals surface area contributed by atoms with E-state index < -0.39 is 34.5 Å². The van der Waals surface area contributed by atoms with Crippen molar-refractivity contribution in [3.05, 3.63) is 82.9 Å². The first-order valence-corrected chi connectivity index (χ1v) is 13.0. The van der Waals surface area contributed by atoms with Crippen molar-refractivity contribution < 1.29 is 32.6 Å². The number of hydrogen-bond acceptors (Lipinski definition) is 6. The molecule has 0 bridgehead atoms. The highest BCUT2D eigenvalue weighted by molar-refractivity contribution is 7.92. The molecule has 2 N–H and O–H groups in total. The van der Waals surface area contributed by atoms with Crippen LogP contribution in [-0.2, 0) is 26.2 Å². The Morgan fingerprint density at radius 1 is 1.08 bits per heavy atom. The second kappa shape index (κ2) is 12.0. The van der Waals surface area contributed by atoms with Gasteiger partial charge >= 0.3 is 5.97 Å². The molecule has 0 fully saturated rings. The van der Waals surface area contributed by atoms with Gasteiger partial charge < -0.3 is 19.9 Å². The van der Waals surface area contributed by atoms with Crippen molar-refractivity contribution in [3.8, 4) is 11.5 Å². The number of aliphatic carboxylic acids is 1. The minimum Gasteiger partial charge on any atom is -0.493 e. The minimum atomic E-state index is -4.17. The predicted molar refractivity (Wildman–Crippen MR) is 140 cm³/mol. The number of methoxy groups -OCH3 is 1. The Morgan fingerprint density at radius 3 is 2.41 bits per heavy atom. The second-order valence-electron chi connectivity index (χ2n) is 8.14. The van der Waals surface area contributed by atoms with E-state index in [0.29, 0.717) is 11.3 Å². The van der Waals surface area contributed by atoms with E-state index in [1.54, 1.807) is 48.5 Å². The molecule has 3 aromatic carbocycles. The fourth-order valence-electron chi connectivity index (χ4n) is 3.40. The molecule has 3 aromatic rings. The Labute approximate surface area is 220 Å². The number of anilines is 1. The fraction of sp³-hybridized carbons (Fsp3) is 0.231. The second-order valence-corrected chi connectivity index (χ2v) is 10.4. The van der Waals surface area contributed by atoms with E-state index in [1.165, 1.54) is 32.2 Å². The van der Waals surface area contributed by atoms with Gasteiger partial charge in [0.25, 0.3) is 10.0 Å². The maximum atomic E-state index is 13.6. The zero-order chi connectivity index (χ0) is 27.2. The number of sulfonamides is 1. The number of rotatable bonds is 11. The summed E-state index contributed by atoms with van der Waals surface area (Å²) in [6.45, 7) is 2.76. The summed E-state index contributed by atoms with van der Waals surface area (Å²) in [5.74, 6) is -1.24. The molecule has 0 unspecified atom stereocenters. The van der Waals surface area contributed by atoms with Crippen LogP contribution in [0, 0.1) is 6.92 Å². The summed E-state index contributed by atoms with van der Waals surface area (Å²) in [6.07, 6.45) is -1.04. The standard InChI is InChI=1S/C26H27ClN2O7S/c1-17-10-12-21(13-11-17)37(33,34)29(23-9-5-8-22(27)25(23)35-3)16-24(30)28-15-19-6-4-7-20(14-19)36-18(2)26(31)32/h4-14,18H,15-16H2,1-3H3,(H,28,30)(H,31,32)/t18-/m1/s1. The van der Waals surface area contributed by atoms with Crippen LogP contribution in [0.25, 0.3) is 0 Å². The molecule has 196 valence electrons. The zero-order valence-electron chi connectivity index (χ0n) is 20.5. The molecule has 0 aromatic heterocycles. The number of hydrogen-bond donors (Lipinski definition) is 2. The van der Waals surface area contributed by atoms with Gasteiger partial charge in [-0.1, -0.05) is 47.5 Å². The summed E-state index contributed by atoms with van der Waals surface area (Å²) in [7, 11) is -2.81. The highest BCUT2D eigenvalue weighted by Gasteiger charge is 2.30. The highest BCUT2D eigenvalue weighted by Crippen LogP contribution is 2.37. The van der Waals surface area contributed by atoms with Crippen molar-refractivity contribution in [1.82, 2.24) is 5.32 Å². The van der Waals surface area contributed by atoms with Gasteiger partial charge in [-0.25, -0.2) is 13.2 Å². The van der Waals surface area contributed by atoms with Gasteiger partial charge in [-0.15, -0.1) is 0 Å². The fourth-order valence-corrected chi connectivity index (χ4v) is 5.07. The number of carboxylic acid groups (broad SMARTS) is 1. The average Bonchev–Trinajstić information content (AvgIpc) is 2.86. The lowest BCUT2D eigenvalue weighted by Crippen LogP contribution is -2.40. The predicted octanol–water partition coefficient (Wildman–Crippen LogP) is 4.02. The number of para-hydroxylation sites is 1. The molecule has 0 aliphatic rings. The van der Waals surface area contributed by atoms with E-state index in [1.807, 2.05) is 6.92 Å². The summed E-state index contributed by atoms with van der Waals surface area (Å²) < 4.78 is 38.9. The summed E-state index contributed by atoms with van der Waals surface area (Å²) in [5, 5.41) is 11.9. The smallest absolute Gasteiger partial charge is 0.344 e. The van der Waals surface area contributed by atoms with Gasteiger partial charge in [-0.05, 0) is 55.8 Å². The van der Waals surface area contributed by atoms with Gasteiger partial charge in [-0.2, -0.15) is 0 Å². The molecular formula is C26H27ClN2O7S. The molecule has 0 spiro atoms. The van der Waals surface area contributed by atoms with Crippen LogP contribution in [0.1, 0.15) is 18.1 Å². The molecule has 0 heterocycles. The summed E-state index contributed by atoms with van der Waals surface area (Å²) in [4.78, 5) is 24.0. The van der Waals surface area contributed by atoms with Crippen LogP contribution >= 0.6 is 11.6 Å². The third-order valence-electron chi connectivity index (χ3n) is 5.36. The maximum Gasteiger partial charge on any atom is 0.344 e. The van der Waals surface area contributed by atoms with Crippen molar-refractivity contribution in [2.75, 3.05) is 18.0 Å². The first kappa shape index (κ1) is 27.8. The van der Waals surface area contributed by atoms with E-state index in [2.05, 4.69) is 5.32 Å². The van der Waals surface area contributed by atoms with Gasteiger partial charge in [0, 0.05) is 6.54 Å². The quantitative estimate of drug-likeness (QED) is 0.372. The lowest BCUT2D eigenvalue weighted by Gasteiger charge is -2.26. The van der Waals surface area contributed by atoms with Gasteiger partial charge in [0.15, 0.2) is 11.9 Å². The van der Waals surface area contributed by atoms with Crippen LogP contribution in [0.5, 0.6) is 11.5 Å². The molecule has 1 atom stereocenters. The van der Waals surface area contributed by atoms with Crippen molar-refractivity contribution in [1.29, 1.82) is 0 Å². The Kier molecular flexibility index (Phi) is 9.01. The van der Waals surface area contributed by atoms with Crippen molar-refractivity contribution >= 4 is 39.2 Å². The summed E-state index contributed by atoms with van der Waals surface area (Å²) >= 11 is 6.24. The van der Waals surface area contributed by atoms with Gasteiger partial charge in [0.05, 0.1) is 22.7 Å². The van der Waals surface area contributed by atoms with E-state index in [0.717, 1.165) is 9.87 Å². The van der Waals surface area contributed by atoms with Crippen molar-refractivity contribution in [2.45, 2.75) is 31.4 Å².